The van der Waals surface area contributed by atoms with Crippen LogP contribution in [0.5, 0.6) is 0 Å². The average Bonchev–Trinajstić information content (AvgIpc) is 3.61. The van der Waals surface area contributed by atoms with Gasteiger partial charge in [0.05, 0.1) is 11.0 Å². The number of fused-ring (bicyclic) bond motifs is 2. The molecule has 4 amide bonds. The number of aryl methyl sites for hydroxylation is 1. The monoisotopic (exact) mass is 1020 g/mol. The number of rotatable bonds is 3. The molecular weight excluding hydrogens is 958 g/mol. The van der Waals surface area contributed by atoms with Gasteiger partial charge in [-0.05, 0) is 155 Å². The lowest BCUT2D eigenvalue weighted by Gasteiger charge is -2.27. The maximum atomic E-state index is 14.7. The summed E-state index contributed by atoms with van der Waals surface area (Å²) in [6.07, 6.45) is -6.08. The van der Waals surface area contributed by atoms with Crippen LogP contribution in [-0.2, 0) is 33.8 Å². The first-order valence-electron chi connectivity index (χ1n) is 21.1. The number of amides is 4. The lowest BCUT2D eigenvalue weighted by Crippen LogP contribution is -2.44. The number of alkyl halides is 1. The highest BCUT2D eigenvalue weighted by atomic mass is 79.9. The van der Waals surface area contributed by atoms with E-state index in [-0.39, 0.29) is 57.3 Å². The summed E-state index contributed by atoms with van der Waals surface area (Å²) < 4.78 is 63.0. The summed E-state index contributed by atoms with van der Waals surface area (Å²) in [7, 11) is 0. The number of carbonyl (C=O) groups is 6. The van der Waals surface area contributed by atoms with Crippen molar-refractivity contribution in [3.8, 4) is 0 Å². The molecule has 0 spiro atoms. The quantitative estimate of drug-likeness (QED) is 0.139. The second kappa shape index (κ2) is 20.8. The van der Waals surface area contributed by atoms with Gasteiger partial charge in [-0.15, -0.1) is 10.2 Å². The third-order valence-corrected chi connectivity index (χ3v) is 8.38. The largest absolute Gasteiger partial charge is 0.443 e. The molecule has 0 radical (unpaired) electrons. The number of halogens is 3. The molecule has 0 saturated carbocycles. The summed E-state index contributed by atoms with van der Waals surface area (Å²) in [5, 5.41) is 8.79. The number of hydrogen-bond donors (Lipinski definition) is 0. The highest BCUT2D eigenvalue weighted by molar-refractivity contribution is 9.08. The molecule has 0 aliphatic rings. The standard InChI is InChI=1S/C23H31BrFN3O6.C23H32FN3O6.CH4/c1-21(2,3)32-18(29)27(19(30)33-22(4,5)6)17-14-10-13(12-24)15(25)11-16(14)28(26-17)20(31)34-23(7,8)9;1-13-11-14-16(12-15(13)24)27(20(30)33-23(8,9)10)25-17(14)26(18(28)31-21(2,3)4)19(29)32-22(5,6)7;/h10-11H,12H2,1-9H3;11-12H,1-10H3;1H4. The topological polar surface area (TPSA) is 200 Å². The predicted octanol–water partition coefficient (Wildman–Crippen LogP) is 13.1. The van der Waals surface area contributed by atoms with Crippen molar-refractivity contribution in [3.63, 3.8) is 0 Å². The van der Waals surface area contributed by atoms with Gasteiger partial charge >= 0.3 is 36.6 Å². The van der Waals surface area contributed by atoms with E-state index < -0.39 is 81.8 Å². The summed E-state index contributed by atoms with van der Waals surface area (Å²) in [5.41, 5.74) is -5.06. The van der Waals surface area contributed by atoms with Crippen LogP contribution in [0, 0.1) is 18.6 Å². The first kappa shape index (κ1) is 58.3. The van der Waals surface area contributed by atoms with E-state index in [0.717, 1.165) is 21.5 Å². The van der Waals surface area contributed by atoms with Gasteiger partial charge in [0.2, 0.25) is 0 Å². The molecule has 0 bridgehead atoms. The van der Waals surface area contributed by atoms with Crippen molar-refractivity contribution < 1.29 is 66.0 Å². The molecule has 2 aromatic heterocycles. The van der Waals surface area contributed by atoms with E-state index in [1.54, 1.807) is 125 Å². The van der Waals surface area contributed by atoms with Gasteiger partial charge in [0.1, 0.15) is 45.2 Å². The fourth-order valence-electron chi connectivity index (χ4n) is 5.44. The molecular formula is C47H67BrF2N6O12. The van der Waals surface area contributed by atoms with E-state index in [4.69, 9.17) is 28.4 Å². The summed E-state index contributed by atoms with van der Waals surface area (Å²) in [4.78, 5) is 79.2. The molecule has 21 heteroatoms. The third-order valence-electron chi connectivity index (χ3n) is 7.77. The number of benzene rings is 2. The molecule has 0 atom stereocenters. The Hall–Kier alpha value is -5.86. The van der Waals surface area contributed by atoms with Crippen LogP contribution in [0.1, 0.15) is 143 Å². The Morgan fingerprint density at radius 1 is 0.500 bits per heavy atom. The fourth-order valence-corrected chi connectivity index (χ4v) is 5.87. The Morgan fingerprint density at radius 3 is 1.06 bits per heavy atom. The highest BCUT2D eigenvalue weighted by Gasteiger charge is 2.39. The maximum absolute atomic E-state index is 14.7. The lowest BCUT2D eigenvalue weighted by atomic mass is 10.1. The SMILES string of the molecule is C.CC(C)(C)OC(=O)N(C(=O)OC(C)(C)C)c1nn(C(=O)OC(C)(C)C)c2cc(F)c(CBr)cc12.Cc1cc2c(N(C(=O)OC(C)(C)C)C(=O)OC(C)(C)C)nn(C(=O)OC(C)(C)C)c2cc1F. The average molecular weight is 1030 g/mol. The van der Waals surface area contributed by atoms with Gasteiger partial charge in [-0.1, -0.05) is 23.4 Å². The number of hydrogen-bond acceptors (Lipinski definition) is 14. The zero-order chi connectivity index (χ0) is 51.7. The first-order chi connectivity index (χ1) is 30.1. The predicted molar refractivity (Wildman–Crippen MR) is 257 cm³/mol. The molecule has 18 nitrogen and oxygen atoms in total. The van der Waals surface area contributed by atoms with Crippen LogP contribution >= 0.6 is 15.9 Å². The van der Waals surface area contributed by atoms with E-state index in [2.05, 4.69) is 26.1 Å². The van der Waals surface area contributed by atoms with E-state index >= 15 is 0 Å². The van der Waals surface area contributed by atoms with Gasteiger partial charge in [0.15, 0.2) is 11.6 Å². The Morgan fingerprint density at radius 2 is 0.779 bits per heavy atom. The van der Waals surface area contributed by atoms with Crippen molar-refractivity contribution in [2.45, 2.75) is 178 Å². The number of anilines is 2. The van der Waals surface area contributed by atoms with Gasteiger partial charge in [-0.25, -0.2) is 37.5 Å². The van der Waals surface area contributed by atoms with Crippen molar-refractivity contribution in [1.82, 2.24) is 19.6 Å². The summed E-state index contributed by atoms with van der Waals surface area (Å²) >= 11 is 3.21. The minimum Gasteiger partial charge on any atom is -0.443 e. The number of ether oxygens (including phenoxy) is 6. The van der Waals surface area contributed by atoms with Crippen molar-refractivity contribution in [2.24, 2.45) is 0 Å². The van der Waals surface area contributed by atoms with Gasteiger partial charge in [0, 0.05) is 28.2 Å². The second-order valence-corrected chi connectivity index (χ2v) is 21.8. The molecule has 378 valence electrons. The van der Waals surface area contributed by atoms with Crippen LogP contribution in [0.3, 0.4) is 0 Å². The van der Waals surface area contributed by atoms with Crippen molar-refractivity contribution in [3.05, 3.63) is 47.0 Å². The molecule has 0 saturated heterocycles. The molecule has 0 N–H and O–H groups in total. The van der Waals surface area contributed by atoms with Crippen LogP contribution < -0.4 is 9.80 Å². The highest BCUT2D eigenvalue weighted by Crippen LogP contribution is 2.34. The first-order valence-corrected chi connectivity index (χ1v) is 22.2. The van der Waals surface area contributed by atoms with Gasteiger partial charge in [-0.2, -0.15) is 19.2 Å². The van der Waals surface area contributed by atoms with E-state index in [9.17, 15) is 37.5 Å². The Balaban J connectivity index is 0.000000460. The molecule has 2 heterocycles. The summed E-state index contributed by atoms with van der Waals surface area (Å²) in [5.74, 6) is -1.71. The van der Waals surface area contributed by atoms with Crippen LogP contribution in [0.4, 0.5) is 49.2 Å². The Kier molecular flexibility index (Phi) is 17.8. The summed E-state index contributed by atoms with van der Waals surface area (Å²) in [6, 6.07) is 4.96. The number of aromatic nitrogens is 4. The molecule has 0 aliphatic carbocycles. The van der Waals surface area contributed by atoms with Crippen molar-refractivity contribution in [2.75, 3.05) is 9.80 Å². The molecule has 4 aromatic rings. The van der Waals surface area contributed by atoms with Crippen LogP contribution in [0.2, 0.25) is 0 Å². The Labute approximate surface area is 404 Å². The van der Waals surface area contributed by atoms with Crippen LogP contribution in [0.15, 0.2) is 24.3 Å². The smallest absolute Gasteiger partial charge is 0.435 e. The fraction of sp³-hybridized carbons (Fsp3) is 0.574. The van der Waals surface area contributed by atoms with Gasteiger partial charge in [-0.3, -0.25) is 0 Å². The zero-order valence-corrected chi connectivity index (χ0v) is 43.3. The third kappa shape index (κ3) is 16.1. The summed E-state index contributed by atoms with van der Waals surface area (Å²) in [6.45, 7) is 31.1. The van der Waals surface area contributed by atoms with E-state index in [0.29, 0.717) is 9.80 Å². The number of imide groups is 2. The van der Waals surface area contributed by atoms with E-state index in [1.165, 1.54) is 19.1 Å². The molecule has 4 rings (SSSR count). The second-order valence-electron chi connectivity index (χ2n) is 21.2. The number of nitrogens with zero attached hydrogens (tertiary/aromatic N) is 6. The molecule has 0 fully saturated rings. The van der Waals surface area contributed by atoms with Crippen LogP contribution in [0.25, 0.3) is 21.8 Å². The minimum atomic E-state index is -1.07. The van der Waals surface area contributed by atoms with E-state index in [1.807, 2.05) is 0 Å². The Bertz CT molecular complexity index is 2490. The van der Waals surface area contributed by atoms with Gasteiger partial charge in [0.25, 0.3) is 0 Å². The zero-order valence-electron chi connectivity index (χ0n) is 41.7. The lowest BCUT2D eigenvalue weighted by molar-refractivity contribution is 0.0405. The molecule has 0 aliphatic heterocycles. The maximum Gasteiger partial charge on any atom is 0.435 e. The normalized spacial score (nSPS) is 12.3. The van der Waals surface area contributed by atoms with Gasteiger partial charge < -0.3 is 28.4 Å². The molecule has 2 aromatic carbocycles. The molecule has 68 heavy (non-hydrogen) atoms. The number of carbonyl (C=O) groups excluding carboxylic acids is 6. The minimum absolute atomic E-state index is 0. The molecule has 0 unspecified atom stereocenters. The van der Waals surface area contributed by atoms with Crippen molar-refractivity contribution >= 4 is 85.9 Å². The van der Waals surface area contributed by atoms with Crippen LogP contribution in [-0.4, -0.2) is 89.7 Å². The van der Waals surface area contributed by atoms with Crippen molar-refractivity contribution in [1.29, 1.82) is 0 Å².